The molecule has 0 bridgehead atoms. The number of ether oxygens (including phenoxy) is 2. The maximum atomic E-state index is 10.1. The van der Waals surface area contributed by atoms with Crippen LogP contribution in [0.5, 0.6) is 0 Å². The normalized spacial score (nSPS) is 11.0. The predicted octanol–water partition coefficient (Wildman–Crippen LogP) is 6.58. The van der Waals surface area contributed by atoms with E-state index in [1.807, 2.05) is 39.9 Å². The van der Waals surface area contributed by atoms with Gasteiger partial charge in [0.05, 0.1) is 13.7 Å². The molecule has 0 spiro atoms. The molecule has 11 nitrogen and oxygen atoms in total. The first-order valence-corrected chi connectivity index (χ1v) is 15.3. The maximum Gasteiger partial charge on any atom is 0.406 e. The van der Waals surface area contributed by atoms with E-state index in [4.69, 9.17) is 9.90 Å². The summed E-state index contributed by atoms with van der Waals surface area (Å²) < 4.78 is 8.55. The molecular weight excluding hydrogens is 554 g/mol. The standard InChI is InChI=1S/C5H10.C4H9NO2.C4H9NO.C4H8O.C4H8.C3H9N.C3H6O2.C3H8.C2H4O2/c1-2-5-3-4-5;1-3-7-4(6)5-2;1-3-5-4(2)6;1-3-4(2)5;1-4-2-3-4;1-4(2)3;1-3(4)5-2;1-3-2;1-2(3)4/h5H,2-4H2,1H3;3H2,1-2H3,(H,5,6);3H2,1-2H3,(H,5,6);3H2,1-2H3;4H,2-3H2,1H3;1-3H3;1-2H3;3H2,1-2H3;1H3,(H,3,4). The Morgan fingerprint density at radius 3 is 1.16 bits per heavy atom. The van der Waals surface area contributed by atoms with Crippen LogP contribution in [0.25, 0.3) is 0 Å². The van der Waals surface area contributed by atoms with Gasteiger partial charge in [-0.05, 0) is 53.8 Å². The number of nitrogens with zero attached hydrogens (tertiary/aromatic N) is 1. The van der Waals surface area contributed by atoms with Crippen molar-refractivity contribution in [3.63, 3.8) is 0 Å². The first-order chi connectivity index (χ1) is 19.8. The van der Waals surface area contributed by atoms with Gasteiger partial charge < -0.3 is 34.9 Å². The van der Waals surface area contributed by atoms with Crippen molar-refractivity contribution in [2.45, 2.75) is 121 Å². The molecule has 2 rings (SSSR count). The fraction of sp³-hybridized carbons (Fsp3) is 0.844. The van der Waals surface area contributed by atoms with Crippen LogP contribution >= 0.6 is 0 Å². The molecule has 2 saturated carbocycles. The lowest BCUT2D eigenvalue weighted by molar-refractivity contribution is -0.138. The van der Waals surface area contributed by atoms with Crippen LogP contribution in [0.3, 0.4) is 0 Å². The Labute approximate surface area is 265 Å². The summed E-state index contributed by atoms with van der Waals surface area (Å²) in [5.41, 5.74) is 0. The third-order valence-corrected chi connectivity index (χ3v) is 3.83. The number of methoxy groups -OCH3 is 1. The number of carbonyl (C=O) groups is 5. The minimum absolute atomic E-state index is 0.0394. The summed E-state index contributed by atoms with van der Waals surface area (Å²) in [5.74, 6) is 1.43. The lowest BCUT2D eigenvalue weighted by atomic mass is 10.3. The smallest absolute Gasteiger partial charge is 0.406 e. The molecule has 0 unspecified atom stereocenters. The highest BCUT2D eigenvalue weighted by molar-refractivity contribution is 5.74. The quantitative estimate of drug-likeness (QED) is 0.294. The molecule has 2 aliphatic rings. The van der Waals surface area contributed by atoms with Crippen LogP contribution in [0.2, 0.25) is 0 Å². The van der Waals surface area contributed by atoms with Gasteiger partial charge in [-0.2, -0.15) is 0 Å². The van der Waals surface area contributed by atoms with E-state index >= 15 is 0 Å². The Kier molecular flexibility index (Phi) is 64.0. The number of aliphatic carboxylic acids is 1. The summed E-state index contributed by atoms with van der Waals surface area (Å²) in [6.45, 7) is 21.0. The summed E-state index contributed by atoms with van der Waals surface area (Å²) in [7, 11) is 8.88. The molecular formula is C32H71N3O8. The number of esters is 1. The van der Waals surface area contributed by atoms with Crippen molar-refractivity contribution in [1.29, 1.82) is 0 Å². The number of carbonyl (C=O) groups excluding carboxylic acids is 4. The van der Waals surface area contributed by atoms with E-state index in [0.717, 1.165) is 25.3 Å². The first-order valence-electron chi connectivity index (χ1n) is 15.3. The largest absolute Gasteiger partial charge is 0.481 e. The highest BCUT2D eigenvalue weighted by Crippen LogP contribution is 2.31. The fourth-order valence-electron chi connectivity index (χ4n) is 1.14. The molecule has 0 aromatic rings. The topological polar surface area (TPSA) is 151 Å². The van der Waals surface area contributed by atoms with E-state index < -0.39 is 5.97 Å². The molecule has 0 aromatic carbocycles. The number of carboxylic acids is 1. The van der Waals surface area contributed by atoms with Gasteiger partial charge >= 0.3 is 12.1 Å². The third kappa shape index (κ3) is 183. The van der Waals surface area contributed by atoms with Crippen molar-refractivity contribution in [1.82, 2.24) is 15.5 Å². The van der Waals surface area contributed by atoms with Crippen LogP contribution in [0.15, 0.2) is 0 Å². The first kappa shape index (κ1) is 56.1. The van der Waals surface area contributed by atoms with E-state index in [9.17, 15) is 19.2 Å². The van der Waals surface area contributed by atoms with E-state index in [1.54, 1.807) is 13.8 Å². The number of alkyl carbamates (subject to hydrolysis) is 1. The monoisotopic (exact) mass is 626 g/mol. The zero-order chi connectivity index (χ0) is 35.8. The fourth-order valence-corrected chi connectivity index (χ4v) is 1.14. The maximum absolute atomic E-state index is 10.1. The van der Waals surface area contributed by atoms with Crippen LogP contribution in [0.4, 0.5) is 4.79 Å². The van der Waals surface area contributed by atoms with Gasteiger partial charge in [0, 0.05) is 40.8 Å². The van der Waals surface area contributed by atoms with Gasteiger partial charge in [0.25, 0.3) is 5.97 Å². The SMILES string of the molecule is CC(=O)O.CC1CC1.CCC.CCC(C)=O.CCC1CC1.CCNC(C)=O.CCOC(=O)NC.CN(C)C.COC(C)=O. The van der Waals surface area contributed by atoms with Gasteiger partial charge in [-0.1, -0.05) is 73.1 Å². The average Bonchev–Trinajstić information content (AvgIpc) is 3.83. The van der Waals surface area contributed by atoms with Crippen molar-refractivity contribution in [2.75, 3.05) is 48.5 Å². The van der Waals surface area contributed by atoms with Gasteiger partial charge in [-0.25, -0.2) is 4.79 Å². The zero-order valence-corrected chi connectivity index (χ0v) is 30.8. The molecule has 0 radical (unpaired) electrons. The molecule has 0 heterocycles. The Bertz CT molecular complexity index is 587. The molecule has 0 aliphatic heterocycles. The van der Waals surface area contributed by atoms with Crippen LogP contribution < -0.4 is 10.6 Å². The summed E-state index contributed by atoms with van der Waals surface area (Å²) in [5, 5.41) is 12.3. The third-order valence-electron chi connectivity index (χ3n) is 3.83. The Balaban J connectivity index is -0.0000000684. The molecule has 3 N–H and O–H groups in total. The summed E-state index contributed by atoms with van der Waals surface area (Å²) in [6, 6.07) is 0. The zero-order valence-electron chi connectivity index (χ0n) is 30.8. The highest BCUT2D eigenvalue weighted by atomic mass is 16.5. The Morgan fingerprint density at radius 2 is 1.14 bits per heavy atom. The van der Waals surface area contributed by atoms with E-state index in [0.29, 0.717) is 13.0 Å². The number of rotatable bonds is 4. The lowest BCUT2D eigenvalue weighted by Gasteiger charge is -1.95. The predicted molar refractivity (Wildman–Crippen MR) is 179 cm³/mol. The lowest BCUT2D eigenvalue weighted by Crippen LogP contribution is -2.18. The molecule has 2 fully saturated rings. The van der Waals surface area contributed by atoms with Crippen LogP contribution in [0.1, 0.15) is 121 Å². The summed E-state index contributed by atoms with van der Waals surface area (Å²) in [4.78, 5) is 50.4. The van der Waals surface area contributed by atoms with E-state index in [2.05, 4.69) is 47.8 Å². The number of amides is 2. The Hall–Kier alpha value is -2.69. The van der Waals surface area contributed by atoms with Crippen molar-refractivity contribution in [3.05, 3.63) is 0 Å². The van der Waals surface area contributed by atoms with E-state index in [-0.39, 0.29) is 23.8 Å². The molecule has 11 heteroatoms. The van der Waals surface area contributed by atoms with Crippen molar-refractivity contribution in [3.8, 4) is 0 Å². The van der Waals surface area contributed by atoms with Crippen molar-refractivity contribution >= 4 is 29.7 Å². The second-order valence-electron chi connectivity index (χ2n) is 9.91. The Morgan fingerprint density at radius 1 is 0.837 bits per heavy atom. The molecule has 0 aromatic heterocycles. The average molecular weight is 626 g/mol. The summed E-state index contributed by atoms with van der Waals surface area (Å²) in [6.07, 6.45) is 8.95. The minimum Gasteiger partial charge on any atom is -0.481 e. The van der Waals surface area contributed by atoms with Crippen LogP contribution in [-0.4, -0.2) is 88.2 Å². The number of hydrogen-bond donors (Lipinski definition) is 3. The van der Waals surface area contributed by atoms with Gasteiger partial charge in [-0.3, -0.25) is 14.4 Å². The van der Waals surface area contributed by atoms with Gasteiger partial charge in [0.1, 0.15) is 5.78 Å². The number of ketones is 1. The molecule has 2 amide bonds. The number of carboxylic acid groups (broad SMARTS) is 1. The molecule has 43 heavy (non-hydrogen) atoms. The van der Waals surface area contributed by atoms with Crippen molar-refractivity contribution in [2.24, 2.45) is 11.8 Å². The second kappa shape index (κ2) is 49.0. The van der Waals surface area contributed by atoms with E-state index in [1.165, 1.54) is 66.5 Å². The number of Topliss-reactive ketones (excluding diaryl/α,β-unsaturated/α-hetero) is 1. The van der Waals surface area contributed by atoms with Gasteiger partial charge in [0.2, 0.25) is 5.91 Å². The second-order valence-corrected chi connectivity index (χ2v) is 9.91. The van der Waals surface area contributed by atoms with Gasteiger partial charge in [-0.15, -0.1) is 0 Å². The van der Waals surface area contributed by atoms with Crippen molar-refractivity contribution < 1.29 is 38.6 Å². The van der Waals surface area contributed by atoms with Crippen LogP contribution in [-0.2, 0) is 28.7 Å². The van der Waals surface area contributed by atoms with Crippen LogP contribution in [0, 0.1) is 11.8 Å². The highest BCUT2D eigenvalue weighted by Gasteiger charge is 2.17. The molecule has 0 saturated heterocycles. The molecule has 262 valence electrons. The molecule has 0 atom stereocenters. The number of nitrogens with one attached hydrogen (secondary N) is 2. The number of hydrogen-bond acceptors (Lipinski definition) is 8. The van der Waals surface area contributed by atoms with Gasteiger partial charge in [0.15, 0.2) is 0 Å². The molecule has 2 aliphatic carbocycles. The summed E-state index contributed by atoms with van der Waals surface area (Å²) >= 11 is 0. The minimum atomic E-state index is -0.833.